The third kappa shape index (κ3) is 4.82. The predicted molar refractivity (Wildman–Crippen MR) is 92.4 cm³/mol. The Morgan fingerprint density at radius 3 is 2.72 bits per heavy atom. The van der Waals surface area contributed by atoms with Crippen LogP contribution in [0.5, 0.6) is 5.75 Å². The average Bonchev–Trinajstić information content (AvgIpc) is 2.60. The lowest BCUT2D eigenvalue weighted by Crippen LogP contribution is -2.06. The van der Waals surface area contributed by atoms with Gasteiger partial charge in [0.25, 0.3) is 0 Å². The molecule has 0 unspecified atom stereocenters. The topological polar surface area (TPSA) is 59.3 Å². The number of rotatable bonds is 6. The van der Waals surface area contributed by atoms with Gasteiger partial charge in [0.15, 0.2) is 0 Å². The Kier molecular flexibility index (Phi) is 6.55. The zero-order chi connectivity index (χ0) is 18.2. The van der Waals surface area contributed by atoms with Crippen molar-refractivity contribution in [3.63, 3.8) is 0 Å². The number of nitriles is 1. The number of halogens is 2. The Labute approximate surface area is 150 Å². The average molecular weight is 360 g/mol. The highest BCUT2D eigenvalue weighted by Gasteiger charge is 2.13. The van der Waals surface area contributed by atoms with E-state index in [1.807, 2.05) is 0 Å². The Bertz CT molecular complexity index is 823. The summed E-state index contributed by atoms with van der Waals surface area (Å²) in [6, 6.07) is 13.0. The van der Waals surface area contributed by atoms with Crippen LogP contribution in [0.15, 0.2) is 48.0 Å². The number of carbonyl (C=O) groups is 1. The van der Waals surface area contributed by atoms with Crippen molar-refractivity contribution in [1.29, 1.82) is 5.26 Å². The van der Waals surface area contributed by atoms with Crippen LogP contribution in [0.1, 0.15) is 18.1 Å². The summed E-state index contributed by atoms with van der Waals surface area (Å²) in [5, 5.41) is 9.39. The lowest BCUT2D eigenvalue weighted by Gasteiger charge is -2.11. The predicted octanol–water partition coefficient (Wildman–Crippen LogP) is 4.53. The smallest absolute Gasteiger partial charge is 0.348 e. The Balaban J connectivity index is 2.26. The summed E-state index contributed by atoms with van der Waals surface area (Å²) >= 11 is 5.98. The van der Waals surface area contributed by atoms with Crippen molar-refractivity contribution in [2.75, 3.05) is 6.61 Å². The quantitative estimate of drug-likeness (QED) is 0.432. The van der Waals surface area contributed by atoms with Crippen LogP contribution in [-0.2, 0) is 16.1 Å². The second-order valence-electron chi connectivity index (χ2n) is 4.92. The lowest BCUT2D eigenvalue weighted by molar-refractivity contribution is -0.137. The van der Waals surface area contributed by atoms with Gasteiger partial charge < -0.3 is 9.47 Å². The molecular weight excluding hydrogens is 345 g/mol. The third-order valence-corrected chi connectivity index (χ3v) is 3.62. The van der Waals surface area contributed by atoms with E-state index >= 15 is 0 Å². The lowest BCUT2D eigenvalue weighted by atomic mass is 10.1. The van der Waals surface area contributed by atoms with E-state index in [4.69, 9.17) is 26.3 Å². The largest absolute Gasteiger partial charge is 0.488 e. The van der Waals surface area contributed by atoms with Gasteiger partial charge in [0.1, 0.15) is 29.8 Å². The summed E-state index contributed by atoms with van der Waals surface area (Å²) in [5.41, 5.74) is 0.579. The molecule has 0 spiro atoms. The minimum atomic E-state index is -0.711. The van der Waals surface area contributed by atoms with Gasteiger partial charge in [0.2, 0.25) is 0 Å². The maximum absolute atomic E-state index is 13.8. The summed E-state index contributed by atoms with van der Waals surface area (Å²) in [7, 11) is 0. The normalized spacial score (nSPS) is 10.9. The van der Waals surface area contributed by atoms with Crippen LogP contribution in [0.3, 0.4) is 0 Å². The molecule has 0 fully saturated rings. The van der Waals surface area contributed by atoms with Gasteiger partial charge in [-0.1, -0.05) is 35.9 Å². The number of hydrogen-bond donors (Lipinski definition) is 0. The first-order valence-corrected chi connectivity index (χ1v) is 7.88. The van der Waals surface area contributed by atoms with Crippen LogP contribution in [0, 0.1) is 17.1 Å². The number of para-hydroxylation sites is 1. The van der Waals surface area contributed by atoms with Crippen LogP contribution < -0.4 is 4.74 Å². The second-order valence-corrected chi connectivity index (χ2v) is 5.32. The van der Waals surface area contributed by atoms with Gasteiger partial charge in [-0.25, -0.2) is 9.18 Å². The van der Waals surface area contributed by atoms with Crippen molar-refractivity contribution in [3.05, 3.63) is 70.0 Å². The van der Waals surface area contributed by atoms with Crippen LogP contribution >= 0.6 is 11.6 Å². The molecule has 0 atom stereocenters. The summed E-state index contributed by atoms with van der Waals surface area (Å²) in [4.78, 5) is 11.7. The first kappa shape index (κ1) is 18.5. The third-order valence-electron chi connectivity index (χ3n) is 3.27. The Morgan fingerprint density at radius 1 is 1.28 bits per heavy atom. The number of ether oxygens (including phenoxy) is 2. The van der Waals surface area contributed by atoms with Crippen LogP contribution in [0.4, 0.5) is 4.39 Å². The number of hydrogen-bond acceptors (Lipinski definition) is 4. The van der Waals surface area contributed by atoms with Crippen LogP contribution in [0.25, 0.3) is 6.08 Å². The molecule has 25 heavy (non-hydrogen) atoms. The van der Waals surface area contributed by atoms with Crippen molar-refractivity contribution in [3.8, 4) is 11.8 Å². The standard InChI is InChI=1S/C19H15ClFNO3/c1-2-24-19(23)14(11-22)10-13-6-3-4-9-18(13)25-12-15-16(20)7-5-8-17(15)21/h3-10H,2,12H2,1H3/b14-10-. The van der Waals surface area contributed by atoms with E-state index in [1.165, 1.54) is 18.2 Å². The number of esters is 1. The molecule has 0 aromatic heterocycles. The molecule has 0 N–H and O–H groups in total. The molecule has 6 heteroatoms. The van der Waals surface area contributed by atoms with E-state index in [0.29, 0.717) is 11.3 Å². The zero-order valence-corrected chi connectivity index (χ0v) is 14.2. The van der Waals surface area contributed by atoms with E-state index < -0.39 is 11.8 Å². The SMILES string of the molecule is CCOC(=O)/C(C#N)=C\c1ccccc1OCc1c(F)cccc1Cl. The second kappa shape index (κ2) is 8.86. The van der Waals surface area contributed by atoms with Gasteiger partial charge in [-0.15, -0.1) is 0 Å². The monoisotopic (exact) mass is 359 g/mol. The molecule has 128 valence electrons. The number of carbonyl (C=O) groups excluding carboxylic acids is 1. The summed E-state index contributed by atoms with van der Waals surface area (Å²) in [6.07, 6.45) is 1.37. The molecule has 0 saturated carbocycles. The van der Waals surface area contributed by atoms with Crippen molar-refractivity contribution in [2.45, 2.75) is 13.5 Å². The van der Waals surface area contributed by atoms with E-state index in [9.17, 15) is 9.18 Å². The molecule has 0 aliphatic carbocycles. The fourth-order valence-electron chi connectivity index (χ4n) is 2.05. The van der Waals surface area contributed by atoms with E-state index in [2.05, 4.69) is 0 Å². The molecule has 2 aromatic carbocycles. The molecule has 0 aliphatic rings. The molecule has 4 nitrogen and oxygen atoms in total. The summed E-state index contributed by atoms with van der Waals surface area (Å²) in [6.45, 7) is 1.74. The van der Waals surface area contributed by atoms with Gasteiger partial charge in [-0.3, -0.25) is 0 Å². The first-order valence-electron chi connectivity index (χ1n) is 7.50. The van der Waals surface area contributed by atoms with Gasteiger partial charge in [0, 0.05) is 11.1 Å². The molecular formula is C19H15ClFNO3. The summed E-state index contributed by atoms with van der Waals surface area (Å²) in [5.74, 6) is -0.791. The maximum Gasteiger partial charge on any atom is 0.348 e. The highest BCUT2D eigenvalue weighted by atomic mass is 35.5. The van der Waals surface area contributed by atoms with E-state index in [1.54, 1.807) is 43.3 Å². The molecule has 0 saturated heterocycles. The molecule has 0 radical (unpaired) electrons. The Morgan fingerprint density at radius 2 is 2.04 bits per heavy atom. The van der Waals surface area contributed by atoms with Gasteiger partial charge in [0.05, 0.1) is 11.6 Å². The molecule has 0 bridgehead atoms. The molecule has 0 amide bonds. The number of nitrogens with zero attached hydrogens (tertiary/aromatic N) is 1. The van der Waals surface area contributed by atoms with E-state index in [0.717, 1.165) is 0 Å². The molecule has 2 rings (SSSR count). The fourth-order valence-corrected chi connectivity index (χ4v) is 2.27. The minimum absolute atomic E-state index is 0.0857. The Hall–Kier alpha value is -2.84. The van der Waals surface area contributed by atoms with Gasteiger partial charge >= 0.3 is 5.97 Å². The van der Waals surface area contributed by atoms with Gasteiger partial charge in [-0.05, 0) is 31.2 Å². The number of benzene rings is 2. The molecule has 0 aliphatic heterocycles. The fraction of sp³-hybridized carbons (Fsp3) is 0.158. The van der Waals surface area contributed by atoms with Crippen molar-refractivity contribution >= 4 is 23.6 Å². The van der Waals surface area contributed by atoms with Crippen molar-refractivity contribution < 1.29 is 18.7 Å². The van der Waals surface area contributed by atoms with Crippen molar-refractivity contribution in [2.24, 2.45) is 0 Å². The van der Waals surface area contributed by atoms with Gasteiger partial charge in [-0.2, -0.15) is 5.26 Å². The van der Waals surface area contributed by atoms with E-state index in [-0.39, 0.29) is 29.4 Å². The maximum atomic E-state index is 13.8. The van der Waals surface area contributed by atoms with Crippen molar-refractivity contribution in [1.82, 2.24) is 0 Å². The highest BCUT2D eigenvalue weighted by molar-refractivity contribution is 6.31. The highest BCUT2D eigenvalue weighted by Crippen LogP contribution is 2.25. The minimum Gasteiger partial charge on any atom is -0.488 e. The molecule has 0 heterocycles. The van der Waals surface area contributed by atoms with Crippen LogP contribution in [0.2, 0.25) is 5.02 Å². The molecule has 2 aromatic rings. The zero-order valence-electron chi connectivity index (χ0n) is 13.5. The summed E-state index contributed by atoms with van der Waals surface area (Å²) < 4.78 is 24.3. The first-order chi connectivity index (χ1) is 12.1. The van der Waals surface area contributed by atoms with Crippen LogP contribution in [-0.4, -0.2) is 12.6 Å².